The molecule has 2 heterocycles. The average molecular weight is 320 g/mol. The molecular formula is C15H18ClN5O. The number of benzene rings is 1. The summed E-state index contributed by atoms with van der Waals surface area (Å²) in [6.45, 7) is 0.824. The summed E-state index contributed by atoms with van der Waals surface area (Å²) in [5.74, 6) is -0.0674. The standard InChI is InChI=1S/C15H18ClN5O/c16-20-14-9-12(4-5-18-14)19-15(22)11-2-1-3-13(8-11)21-7-6-17-10-21/h1-3,6-8,10,12,14,18,20H,4-5,9H2,(H,19,22). The van der Waals surface area contributed by atoms with Gasteiger partial charge in [0.15, 0.2) is 0 Å². The molecule has 0 bridgehead atoms. The molecule has 1 saturated heterocycles. The van der Waals surface area contributed by atoms with Crippen molar-refractivity contribution in [1.29, 1.82) is 0 Å². The molecule has 6 nitrogen and oxygen atoms in total. The summed E-state index contributed by atoms with van der Waals surface area (Å²) >= 11 is 5.64. The topological polar surface area (TPSA) is 71.0 Å². The van der Waals surface area contributed by atoms with Gasteiger partial charge in [-0.2, -0.15) is 0 Å². The molecule has 1 fully saturated rings. The van der Waals surface area contributed by atoms with E-state index in [0.29, 0.717) is 5.56 Å². The molecule has 2 aromatic rings. The second-order valence-electron chi connectivity index (χ2n) is 5.33. The lowest BCUT2D eigenvalue weighted by Gasteiger charge is -2.29. The number of rotatable bonds is 4. The van der Waals surface area contributed by atoms with Crippen molar-refractivity contribution < 1.29 is 4.79 Å². The second-order valence-corrected chi connectivity index (χ2v) is 5.55. The Bertz CT molecular complexity index is 631. The molecule has 1 amide bonds. The van der Waals surface area contributed by atoms with E-state index >= 15 is 0 Å². The Kier molecular flexibility index (Phi) is 4.72. The zero-order valence-corrected chi connectivity index (χ0v) is 12.8. The van der Waals surface area contributed by atoms with Gasteiger partial charge in [0.1, 0.15) is 0 Å². The van der Waals surface area contributed by atoms with Crippen molar-refractivity contribution in [3.63, 3.8) is 0 Å². The first-order valence-corrected chi connectivity index (χ1v) is 7.63. The van der Waals surface area contributed by atoms with Gasteiger partial charge in [-0.15, -0.1) is 0 Å². The Morgan fingerprint density at radius 2 is 2.36 bits per heavy atom. The number of imidazole rings is 1. The number of nitrogens with zero attached hydrogens (tertiary/aromatic N) is 2. The average Bonchev–Trinajstić information content (AvgIpc) is 3.09. The lowest BCUT2D eigenvalue weighted by Crippen LogP contribution is -2.51. The minimum absolute atomic E-state index is 0.0259. The molecular weight excluding hydrogens is 302 g/mol. The molecule has 0 saturated carbocycles. The van der Waals surface area contributed by atoms with E-state index in [9.17, 15) is 4.79 Å². The van der Waals surface area contributed by atoms with Crippen molar-refractivity contribution in [2.24, 2.45) is 0 Å². The summed E-state index contributed by atoms with van der Waals surface area (Å²) in [5.41, 5.74) is 1.55. The third kappa shape index (κ3) is 3.47. The Labute approximate surface area is 134 Å². The van der Waals surface area contributed by atoms with E-state index in [2.05, 4.69) is 20.5 Å². The van der Waals surface area contributed by atoms with E-state index in [1.807, 2.05) is 35.0 Å². The van der Waals surface area contributed by atoms with Crippen LogP contribution in [0.2, 0.25) is 0 Å². The maximum Gasteiger partial charge on any atom is 0.251 e. The molecule has 1 aromatic heterocycles. The second kappa shape index (κ2) is 6.91. The van der Waals surface area contributed by atoms with Gasteiger partial charge in [-0.05, 0) is 49.4 Å². The van der Waals surface area contributed by atoms with Gasteiger partial charge in [0.2, 0.25) is 0 Å². The number of aromatic nitrogens is 2. The molecule has 2 unspecified atom stereocenters. The zero-order valence-electron chi connectivity index (χ0n) is 12.0. The van der Waals surface area contributed by atoms with Crippen LogP contribution in [0.4, 0.5) is 0 Å². The number of halogens is 1. The van der Waals surface area contributed by atoms with Gasteiger partial charge in [-0.1, -0.05) is 6.07 Å². The van der Waals surface area contributed by atoms with Crippen molar-refractivity contribution in [2.75, 3.05) is 6.54 Å². The van der Waals surface area contributed by atoms with Gasteiger partial charge in [0.25, 0.3) is 5.91 Å². The van der Waals surface area contributed by atoms with E-state index in [4.69, 9.17) is 11.8 Å². The predicted octanol–water partition coefficient (Wildman–Crippen LogP) is 1.42. The van der Waals surface area contributed by atoms with E-state index in [1.54, 1.807) is 12.5 Å². The first-order chi connectivity index (χ1) is 10.8. The highest BCUT2D eigenvalue weighted by Gasteiger charge is 2.22. The predicted molar refractivity (Wildman–Crippen MR) is 84.8 cm³/mol. The number of nitrogens with one attached hydrogen (secondary N) is 3. The molecule has 7 heteroatoms. The number of hydrogen-bond acceptors (Lipinski definition) is 4. The van der Waals surface area contributed by atoms with Gasteiger partial charge in [0.05, 0.1) is 12.5 Å². The quantitative estimate of drug-likeness (QED) is 0.746. The zero-order chi connectivity index (χ0) is 15.4. The van der Waals surface area contributed by atoms with Crippen LogP contribution in [0.15, 0.2) is 43.0 Å². The van der Waals surface area contributed by atoms with Crippen molar-refractivity contribution in [3.05, 3.63) is 48.5 Å². The first-order valence-electron chi connectivity index (χ1n) is 7.25. The van der Waals surface area contributed by atoms with Gasteiger partial charge >= 0.3 is 0 Å². The normalized spacial score (nSPS) is 21.5. The minimum atomic E-state index is -0.0674. The van der Waals surface area contributed by atoms with Crippen molar-refractivity contribution in [1.82, 2.24) is 25.0 Å². The fraction of sp³-hybridized carbons (Fsp3) is 0.333. The molecule has 2 atom stereocenters. The van der Waals surface area contributed by atoms with Crippen molar-refractivity contribution >= 4 is 17.7 Å². The van der Waals surface area contributed by atoms with Crippen LogP contribution in [0, 0.1) is 0 Å². The van der Waals surface area contributed by atoms with Crippen LogP contribution in [-0.2, 0) is 0 Å². The summed E-state index contributed by atoms with van der Waals surface area (Å²) < 4.78 is 1.87. The van der Waals surface area contributed by atoms with E-state index < -0.39 is 0 Å². The molecule has 0 radical (unpaired) electrons. The fourth-order valence-electron chi connectivity index (χ4n) is 2.62. The summed E-state index contributed by atoms with van der Waals surface area (Å²) in [7, 11) is 0. The number of amides is 1. The van der Waals surface area contributed by atoms with Crippen LogP contribution < -0.4 is 15.5 Å². The van der Waals surface area contributed by atoms with Crippen LogP contribution in [0.3, 0.4) is 0 Å². The highest BCUT2D eigenvalue weighted by Crippen LogP contribution is 2.12. The van der Waals surface area contributed by atoms with Crippen LogP contribution in [-0.4, -0.2) is 34.2 Å². The van der Waals surface area contributed by atoms with Crippen LogP contribution >= 0.6 is 11.8 Å². The molecule has 1 aliphatic rings. The summed E-state index contributed by atoms with van der Waals surface area (Å²) in [6, 6.07) is 7.59. The van der Waals surface area contributed by atoms with E-state index in [1.165, 1.54) is 0 Å². The lowest BCUT2D eigenvalue weighted by molar-refractivity contribution is 0.0924. The van der Waals surface area contributed by atoms with Crippen molar-refractivity contribution in [2.45, 2.75) is 25.0 Å². The number of carbonyl (C=O) groups excluding carboxylic acids is 1. The maximum absolute atomic E-state index is 12.4. The van der Waals surface area contributed by atoms with Gasteiger partial charge < -0.3 is 15.2 Å². The Morgan fingerprint density at radius 1 is 1.45 bits per heavy atom. The molecule has 22 heavy (non-hydrogen) atoms. The Hall–Kier alpha value is -1.89. The Balaban J connectivity index is 1.68. The number of piperidine rings is 1. The Morgan fingerprint density at radius 3 is 3.14 bits per heavy atom. The largest absolute Gasteiger partial charge is 0.349 e. The highest BCUT2D eigenvalue weighted by atomic mass is 35.5. The summed E-state index contributed by atoms with van der Waals surface area (Å²) in [4.78, 5) is 19.1. The smallest absolute Gasteiger partial charge is 0.251 e. The van der Waals surface area contributed by atoms with Crippen molar-refractivity contribution in [3.8, 4) is 5.69 Å². The van der Waals surface area contributed by atoms with Gasteiger partial charge in [-0.3, -0.25) is 4.79 Å². The lowest BCUT2D eigenvalue weighted by atomic mass is 10.0. The third-order valence-corrected chi connectivity index (χ3v) is 4.04. The van der Waals surface area contributed by atoms with Gasteiger partial charge in [0, 0.05) is 29.7 Å². The van der Waals surface area contributed by atoms with Crippen LogP contribution in [0.5, 0.6) is 0 Å². The van der Waals surface area contributed by atoms with Crippen LogP contribution in [0.1, 0.15) is 23.2 Å². The van der Waals surface area contributed by atoms with Gasteiger partial charge in [-0.25, -0.2) is 9.82 Å². The molecule has 1 aliphatic heterocycles. The summed E-state index contributed by atoms with van der Waals surface area (Å²) in [5, 5.41) is 6.30. The third-order valence-electron chi connectivity index (χ3n) is 3.78. The number of carbonyl (C=O) groups is 1. The molecule has 1 aromatic carbocycles. The monoisotopic (exact) mass is 319 g/mol. The van der Waals surface area contributed by atoms with E-state index in [0.717, 1.165) is 25.1 Å². The fourth-order valence-corrected chi connectivity index (χ4v) is 2.79. The van der Waals surface area contributed by atoms with E-state index in [-0.39, 0.29) is 18.1 Å². The molecule has 3 rings (SSSR count). The SMILES string of the molecule is O=C(NC1CCNC(NCl)C1)c1cccc(-n2ccnc2)c1. The number of hydrogen-bond donors (Lipinski definition) is 3. The summed E-state index contributed by atoms with van der Waals surface area (Å²) in [6.07, 6.45) is 6.94. The highest BCUT2D eigenvalue weighted by molar-refractivity contribution is 6.13. The molecule has 0 aliphatic carbocycles. The minimum Gasteiger partial charge on any atom is -0.349 e. The molecule has 116 valence electrons. The molecule has 0 spiro atoms. The molecule has 3 N–H and O–H groups in total. The van der Waals surface area contributed by atoms with Crippen LogP contribution in [0.25, 0.3) is 5.69 Å². The maximum atomic E-state index is 12.4. The first kappa shape index (κ1) is 15.0.